The van der Waals surface area contributed by atoms with Crippen LogP contribution in [0.4, 0.5) is 0 Å². The van der Waals surface area contributed by atoms with Crippen LogP contribution in [0.2, 0.25) is 5.02 Å². The van der Waals surface area contributed by atoms with Gasteiger partial charge in [0.25, 0.3) is 0 Å². The molecule has 0 atom stereocenters. The molecular formula is C17H16ClNO2S. The van der Waals surface area contributed by atoms with Crippen LogP contribution in [0.5, 0.6) is 5.88 Å². The molecule has 3 nitrogen and oxygen atoms in total. The highest BCUT2D eigenvalue weighted by atomic mass is 35.5. The number of pyridine rings is 1. The minimum Gasteiger partial charge on any atom is -0.481 e. The number of aromatic nitrogens is 1. The van der Waals surface area contributed by atoms with Gasteiger partial charge in [-0.25, -0.2) is 4.98 Å². The minimum absolute atomic E-state index is 0.150. The van der Waals surface area contributed by atoms with Gasteiger partial charge in [0, 0.05) is 21.3 Å². The summed E-state index contributed by atoms with van der Waals surface area (Å²) in [5.41, 5.74) is 1.80. The van der Waals surface area contributed by atoms with E-state index in [1.807, 2.05) is 25.1 Å². The molecule has 0 aliphatic heterocycles. The Morgan fingerprint density at radius 3 is 2.73 bits per heavy atom. The summed E-state index contributed by atoms with van der Waals surface area (Å²) in [5, 5.41) is 1.31. The smallest absolute Gasteiger partial charge is 0.216 e. The van der Waals surface area contributed by atoms with E-state index in [2.05, 4.69) is 4.98 Å². The lowest BCUT2D eigenvalue weighted by molar-refractivity contribution is 0.103. The molecule has 0 unspecified atom stereocenters. The number of carbonyl (C=O) groups is 1. The number of thioether (sulfide) groups is 1. The summed E-state index contributed by atoms with van der Waals surface area (Å²) < 4.78 is 5.17. The number of carbonyl (C=O) groups excluding carboxylic acids is 1. The quantitative estimate of drug-likeness (QED) is 0.753. The van der Waals surface area contributed by atoms with Crippen LogP contribution in [0.15, 0.2) is 35.2 Å². The lowest BCUT2D eigenvalue weighted by Crippen LogP contribution is -2.06. The maximum atomic E-state index is 12.5. The highest BCUT2D eigenvalue weighted by Gasteiger charge is 2.24. The van der Waals surface area contributed by atoms with Gasteiger partial charge in [-0.3, -0.25) is 4.79 Å². The summed E-state index contributed by atoms with van der Waals surface area (Å²) in [6.07, 6.45) is 2.49. The van der Waals surface area contributed by atoms with Gasteiger partial charge < -0.3 is 4.74 Å². The van der Waals surface area contributed by atoms with Crippen molar-refractivity contribution in [3.8, 4) is 5.88 Å². The maximum absolute atomic E-state index is 12.5. The molecule has 0 radical (unpaired) electrons. The molecule has 2 aromatic rings. The van der Waals surface area contributed by atoms with Crippen molar-refractivity contribution in [3.05, 3.63) is 52.2 Å². The first kappa shape index (κ1) is 15.4. The topological polar surface area (TPSA) is 39.2 Å². The number of ketones is 1. The third-order valence-electron chi connectivity index (χ3n) is 3.49. The zero-order chi connectivity index (χ0) is 15.7. The van der Waals surface area contributed by atoms with Gasteiger partial charge in [0.15, 0.2) is 0 Å². The Morgan fingerprint density at radius 2 is 2.09 bits per heavy atom. The Morgan fingerprint density at radius 1 is 1.32 bits per heavy atom. The van der Waals surface area contributed by atoms with Crippen molar-refractivity contribution in [1.82, 2.24) is 4.98 Å². The first-order chi connectivity index (χ1) is 10.6. The summed E-state index contributed by atoms with van der Waals surface area (Å²) in [7, 11) is 1.55. The zero-order valence-electron chi connectivity index (χ0n) is 12.4. The van der Waals surface area contributed by atoms with Crippen molar-refractivity contribution in [1.29, 1.82) is 0 Å². The van der Waals surface area contributed by atoms with Gasteiger partial charge in [-0.05, 0) is 44.0 Å². The maximum Gasteiger partial charge on any atom is 0.216 e. The van der Waals surface area contributed by atoms with Crippen LogP contribution in [0.25, 0.3) is 0 Å². The van der Waals surface area contributed by atoms with E-state index in [-0.39, 0.29) is 5.78 Å². The number of aryl methyl sites for hydroxylation is 1. The fraction of sp³-hybridized carbons (Fsp3) is 0.294. The normalized spacial score (nSPS) is 14.0. The Balaban J connectivity index is 1.86. The molecule has 1 heterocycles. The van der Waals surface area contributed by atoms with Crippen molar-refractivity contribution in [3.63, 3.8) is 0 Å². The lowest BCUT2D eigenvalue weighted by Gasteiger charge is -2.08. The number of nitrogens with zero attached hydrogens (tertiary/aromatic N) is 1. The molecule has 1 saturated carbocycles. The SMILES string of the molecule is COc1nc(C(=O)c2ccc(SC3CC3)c(Cl)c2)ccc1C. The van der Waals surface area contributed by atoms with Crippen LogP contribution in [-0.4, -0.2) is 23.1 Å². The lowest BCUT2D eigenvalue weighted by atomic mass is 10.1. The summed E-state index contributed by atoms with van der Waals surface area (Å²) in [4.78, 5) is 17.8. The summed E-state index contributed by atoms with van der Waals surface area (Å²) in [6.45, 7) is 1.89. The Hall–Kier alpha value is -1.52. The monoisotopic (exact) mass is 333 g/mol. The Kier molecular flexibility index (Phi) is 4.41. The highest BCUT2D eigenvalue weighted by molar-refractivity contribution is 8.00. The van der Waals surface area contributed by atoms with Gasteiger partial charge in [0.05, 0.1) is 12.1 Å². The van der Waals surface area contributed by atoms with Crippen molar-refractivity contribution in [2.75, 3.05) is 7.11 Å². The second-order valence-corrected chi connectivity index (χ2v) is 7.06. The van der Waals surface area contributed by atoms with Crippen LogP contribution >= 0.6 is 23.4 Å². The summed E-state index contributed by atoms with van der Waals surface area (Å²) in [5.74, 6) is 0.320. The van der Waals surface area contributed by atoms with E-state index in [4.69, 9.17) is 16.3 Å². The third kappa shape index (κ3) is 3.28. The predicted molar refractivity (Wildman–Crippen MR) is 89.3 cm³/mol. The predicted octanol–water partition coefficient (Wildman–Crippen LogP) is 4.54. The second kappa shape index (κ2) is 6.31. The van der Waals surface area contributed by atoms with Crippen LogP contribution in [0.3, 0.4) is 0 Å². The minimum atomic E-state index is -0.150. The molecule has 0 saturated heterocycles. The number of rotatable bonds is 5. The average Bonchev–Trinajstić information content (AvgIpc) is 3.33. The van der Waals surface area contributed by atoms with Crippen molar-refractivity contribution in [2.45, 2.75) is 29.9 Å². The first-order valence-corrected chi connectivity index (χ1v) is 8.37. The van der Waals surface area contributed by atoms with Gasteiger partial charge in [-0.1, -0.05) is 17.7 Å². The van der Waals surface area contributed by atoms with Crippen molar-refractivity contribution >= 4 is 29.1 Å². The molecule has 1 fully saturated rings. The van der Waals surface area contributed by atoms with E-state index >= 15 is 0 Å². The van der Waals surface area contributed by atoms with Crippen molar-refractivity contribution in [2.24, 2.45) is 0 Å². The number of hydrogen-bond donors (Lipinski definition) is 0. The van der Waals surface area contributed by atoms with E-state index in [1.54, 1.807) is 31.0 Å². The molecule has 22 heavy (non-hydrogen) atoms. The van der Waals surface area contributed by atoms with E-state index in [0.717, 1.165) is 10.5 Å². The number of methoxy groups -OCH3 is 1. The van der Waals surface area contributed by atoms with Crippen LogP contribution in [0.1, 0.15) is 34.5 Å². The summed E-state index contributed by atoms with van der Waals surface area (Å²) in [6, 6.07) is 9.00. The van der Waals surface area contributed by atoms with E-state index in [0.29, 0.717) is 27.4 Å². The second-order valence-electron chi connectivity index (χ2n) is 5.31. The number of halogens is 1. The summed E-state index contributed by atoms with van der Waals surface area (Å²) >= 11 is 8.08. The van der Waals surface area contributed by atoms with Gasteiger partial charge in [-0.15, -0.1) is 11.8 Å². The molecule has 1 aromatic heterocycles. The van der Waals surface area contributed by atoms with Crippen LogP contribution in [0, 0.1) is 6.92 Å². The number of hydrogen-bond acceptors (Lipinski definition) is 4. The molecule has 0 bridgehead atoms. The molecule has 1 aliphatic rings. The first-order valence-electron chi connectivity index (χ1n) is 7.11. The molecule has 5 heteroatoms. The molecule has 1 aromatic carbocycles. The van der Waals surface area contributed by atoms with E-state index in [1.165, 1.54) is 12.8 Å². The molecule has 114 valence electrons. The Labute approximate surface area is 139 Å². The Bertz CT molecular complexity index is 729. The van der Waals surface area contributed by atoms with E-state index < -0.39 is 0 Å². The third-order valence-corrected chi connectivity index (χ3v) is 5.33. The number of benzene rings is 1. The highest BCUT2D eigenvalue weighted by Crippen LogP contribution is 2.42. The van der Waals surface area contributed by atoms with Gasteiger partial charge in [0.1, 0.15) is 5.69 Å². The van der Waals surface area contributed by atoms with Gasteiger partial charge >= 0.3 is 0 Å². The number of ether oxygens (including phenoxy) is 1. The van der Waals surface area contributed by atoms with E-state index in [9.17, 15) is 4.79 Å². The van der Waals surface area contributed by atoms with Crippen molar-refractivity contribution < 1.29 is 9.53 Å². The fourth-order valence-corrected chi connectivity index (χ4v) is 3.46. The largest absolute Gasteiger partial charge is 0.481 e. The fourth-order valence-electron chi connectivity index (χ4n) is 2.09. The molecule has 0 amide bonds. The molecule has 0 spiro atoms. The molecule has 1 aliphatic carbocycles. The van der Waals surface area contributed by atoms with Gasteiger partial charge in [0.2, 0.25) is 11.7 Å². The average molecular weight is 334 g/mol. The van der Waals surface area contributed by atoms with Crippen LogP contribution < -0.4 is 4.74 Å². The van der Waals surface area contributed by atoms with Crippen LogP contribution in [-0.2, 0) is 0 Å². The zero-order valence-corrected chi connectivity index (χ0v) is 14.0. The molecular weight excluding hydrogens is 318 g/mol. The standard InChI is InChI=1S/C17H16ClNO2S/c1-10-3-7-14(19-17(10)21-2)16(20)11-4-8-15(13(18)9-11)22-12-5-6-12/h3-4,7-9,12H,5-6H2,1-2H3. The molecule has 3 rings (SSSR count). The molecule has 0 N–H and O–H groups in total. The van der Waals surface area contributed by atoms with Gasteiger partial charge in [-0.2, -0.15) is 0 Å².